The molecule has 5 heteroatoms. The van der Waals surface area contributed by atoms with Gasteiger partial charge < -0.3 is 14.6 Å². The molecule has 0 aliphatic rings. The Morgan fingerprint density at radius 3 is 2.72 bits per heavy atom. The molecular weight excluding hydrogens is 252 g/mol. The van der Waals surface area contributed by atoms with E-state index in [1.807, 2.05) is 18.2 Å². The van der Waals surface area contributed by atoms with Gasteiger partial charge in [-0.3, -0.25) is 0 Å². The third kappa shape index (κ3) is 3.01. The molecule has 0 saturated heterocycles. The fourth-order valence-corrected chi connectivity index (χ4v) is 2.18. The highest BCUT2D eigenvalue weighted by atomic mass is 32.1. The van der Waals surface area contributed by atoms with Crippen LogP contribution in [-0.2, 0) is 6.61 Å². The largest absolute Gasteiger partial charge is 0.497 e. The molecular formula is C13H12O4S. The van der Waals surface area contributed by atoms with Gasteiger partial charge in [-0.1, -0.05) is 6.07 Å². The van der Waals surface area contributed by atoms with Crippen LogP contribution in [0.4, 0.5) is 0 Å². The molecule has 1 aromatic heterocycles. The van der Waals surface area contributed by atoms with Gasteiger partial charge in [-0.15, -0.1) is 11.3 Å². The molecule has 0 atom stereocenters. The number of benzene rings is 1. The lowest BCUT2D eigenvalue weighted by Gasteiger charge is -2.06. The van der Waals surface area contributed by atoms with Gasteiger partial charge in [-0.05, 0) is 24.3 Å². The highest BCUT2D eigenvalue weighted by molar-refractivity contribution is 7.13. The van der Waals surface area contributed by atoms with Gasteiger partial charge in [0.1, 0.15) is 23.0 Å². The molecule has 0 radical (unpaired) electrons. The maximum Gasteiger partial charge on any atom is 0.345 e. The van der Waals surface area contributed by atoms with Gasteiger partial charge in [0.05, 0.1) is 7.11 Å². The second kappa shape index (κ2) is 5.55. The Kier molecular flexibility index (Phi) is 3.84. The van der Waals surface area contributed by atoms with E-state index in [1.165, 1.54) is 11.3 Å². The summed E-state index contributed by atoms with van der Waals surface area (Å²) in [5, 5.41) is 8.80. The number of aromatic carboxylic acids is 1. The molecule has 18 heavy (non-hydrogen) atoms. The maximum absolute atomic E-state index is 10.7. The summed E-state index contributed by atoms with van der Waals surface area (Å²) in [6, 6.07) is 10.6. The van der Waals surface area contributed by atoms with Gasteiger partial charge >= 0.3 is 5.97 Å². The fourth-order valence-electron chi connectivity index (χ4n) is 1.42. The van der Waals surface area contributed by atoms with E-state index in [0.29, 0.717) is 17.2 Å². The zero-order valence-corrected chi connectivity index (χ0v) is 10.6. The fraction of sp³-hybridized carbons (Fsp3) is 0.154. The summed E-state index contributed by atoms with van der Waals surface area (Å²) >= 11 is 1.21. The first kappa shape index (κ1) is 12.4. The predicted molar refractivity (Wildman–Crippen MR) is 68.6 cm³/mol. The quantitative estimate of drug-likeness (QED) is 0.901. The SMILES string of the molecule is COc1cccc(OCc2ccc(C(=O)O)s2)c1. The second-order valence-electron chi connectivity index (χ2n) is 3.54. The van der Waals surface area contributed by atoms with Crippen molar-refractivity contribution in [2.24, 2.45) is 0 Å². The van der Waals surface area contributed by atoms with Gasteiger partial charge in [0, 0.05) is 10.9 Å². The number of carboxylic acid groups (broad SMARTS) is 1. The summed E-state index contributed by atoms with van der Waals surface area (Å²) < 4.78 is 10.7. The van der Waals surface area contributed by atoms with Crippen LogP contribution in [0.2, 0.25) is 0 Å². The topological polar surface area (TPSA) is 55.8 Å². The van der Waals surface area contributed by atoms with Crippen LogP contribution in [0.15, 0.2) is 36.4 Å². The predicted octanol–water partition coefficient (Wildman–Crippen LogP) is 3.03. The monoisotopic (exact) mass is 264 g/mol. The van der Waals surface area contributed by atoms with Crippen LogP contribution >= 0.6 is 11.3 Å². The Labute approximate surface area is 108 Å². The smallest absolute Gasteiger partial charge is 0.345 e. The molecule has 1 heterocycles. The Hall–Kier alpha value is -2.01. The Morgan fingerprint density at radius 1 is 1.28 bits per heavy atom. The molecule has 4 nitrogen and oxygen atoms in total. The van der Waals surface area contributed by atoms with Crippen molar-refractivity contribution in [2.45, 2.75) is 6.61 Å². The molecule has 1 aromatic carbocycles. The number of carboxylic acids is 1. The van der Waals surface area contributed by atoms with Crippen molar-refractivity contribution in [3.8, 4) is 11.5 Å². The van der Waals surface area contributed by atoms with E-state index < -0.39 is 5.97 Å². The highest BCUT2D eigenvalue weighted by Crippen LogP contribution is 2.22. The first-order valence-corrected chi connectivity index (χ1v) is 6.09. The van der Waals surface area contributed by atoms with Crippen LogP contribution in [0.25, 0.3) is 0 Å². The zero-order chi connectivity index (χ0) is 13.0. The average molecular weight is 264 g/mol. The first-order chi connectivity index (χ1) is 8.69. The van der Waals surface area contributed by atoms with Gasteiger partial charge in [-0.2, -0.15) is 0 Å². The third-order valence-corrected chi connectivity index (χ3v) is 3.34. The number of rotatable bonds is 5. The third-order valence-electron chi connectivity index (χ3n) is 2.29. The van der Waals surface area contributed by atoms with E-state index in [2.05, 4.69) is 0 Å². The summed E-state index contributed by atoms with van der Waals surface area (Å²) in [6.07, 6.45) is 0. The molecule has 0 aliphatic heterocycles. The van der Waals surface area contributed by atoms with E-state index >= 15 is 0 Å². The minimum Gasteiger partial charge on any atom is -0.497 e. The minimum atomic E-state index is -0.910. The number of carbonyl (C=O) groups is 1. The van der Waals surface area contributed by atoms with Crippen molar-refractivity contribution in [3.05, 3.63) is 46.2 Å². The van der Waals surface area contributed by atoms with Gasteiger partial charge in [0.25, 0.3) is 0 Å². The molecule has 0 amide bonds. The zero-order valence-electron chi connectivity index (χ0n) is 9.75. The first-order valence-electron chi connectivity index (χ1n) is 5.28. The summed E-state index contributed by atoms with van der Waals surface area (Å²) in [5.41, 5.74) is 0. The van der Waals surface area contributed by atoms with Crippen molar-refractivity contribution in [3.63, 3.8) is 0 Å². The van der Waals surface area contributed by atoms with Gasteiger partial charge in [0.15, 0.2) is 0 Å². The van der Waals surface area contributed by atoms with E-state index in [4.69, 9.17) is 14.6 Å². The molecule has 0 fully saturated rings. The van der Waals surface area contributed by atoms with Crippen LogP contribution in [0, 0.1) is 0 Å². The molecule has 0 bridgehead atoms. The Bertz CT molecular complexity index is 547. The second-order valence-corrected chi connectivity index (χ2v) is 4.71. The number of hydrogen-bond donors (Lipinski definition) is 1. The molecule has 1 N–H and O–H groups in total. The molecule has 2 rings (SSSR count). The summed E-state index contributed by atoms with van der Waals surface area (Å²) in [5.74, 6) is 0.511. The summed E-state index contributed by atoms with van der Waals surface area (Å²) in [6.45, 7) is 0.352. The molecule has 0 spiro atoms. The Morgan fingerprint density at radius 2 is 2.06 bits per heavy atom. The van der Waals surface area contributed by atoms with Gasteiger partial charge in [-0.25, -0.2) is 4.79 Å². The van der Waals surface area contributed by atoms with E-state index in [1.54, 1.807) is 25.3 Å². The number of methoxy groups -OCH3 is 1. The summed E-state index contributed by atoms with van der Waals surface area (Å²) in [7, 11) is 1.59. The standard InChI is InChI=1S/C13H12O4S/c1-16-9-3-2-4-10(7-9)17-8-11-5-6-12(18-11)13(14)15/h2-7H,8H2,1H3,(H,14,15). The van der Waals surface area contributed by atoms with Crippen molar-refractivity contribution >= 4 is 17.3 Å². The number of hydrogen-bond acceptors (Lipinski definition) is 4. The van der Waals surface area contributed by atoms with Crippen LogP contribution in [0.3, 0.4) is 0 Å². The molecule has 0 unspecified atom stereocenters. The molecule has 0 aliphatic carbocycles. The van der Waals surface area contributed by atoms with E-state index in [0.717, 1.165) is 10.6 Å². The highest BCUT2D eigenvalue weighted by Gasteiger charge is 2.07. The summed E-state index contributed by atoms with van der Waals surface area (Å²) in [4.78, 5) is 11.9. The van der Waals surface area contributed by atoms with Crippen LogP contribution in [0.5, 0.6) is 11.5 Å². The normalized spacial score (nSPS) is 10.1. The number of thiophene rings is 1. The molecule has 94 valence electrons. The van der Waals surface area contributed by atoms with Crippen LogP contribution in [-0.4, -0.2) is 18.2 Å². The average Bonchev–Trinajstić information content (AvgIpc) is 2.85. The minimum absolute atomic E-state index is 0.319. The van der Waals surface area contributed by atoms with Gasteiger partial charge in [0.2, 0.25) is 0 Å². The van der Waals surface area contributed by atoms with E-state index in [-0.39, 0.29) is 0 Å². The lowest BCUT2D eigenvalue weighted by atomic mass is 10.3. The maximum atomic E-state index is 10.7. The Balaban J connectivity index is 1.99. The van der Waals surface area contributed by atoms with Crippen molar-refractivity contribution in [1.29, 1.82) is 0 Å². The lowest BCUT2D eigenvalue weighted by molar-refractivity contribution is 0.0702. The van der Waals surface area contributed by atoms with Crippen molar-refractivity contribution in [2.75, 3.05) is 7.11 Å². The molecule has 0 saturated carbocycles. The van der Waals surface area contributed by atoms with Crippen LogP contribution in [0.1, 0.15) is 14.5 Å². The van der Waals surface area contributed by atoms with E-state index in [9.17, 15) is 4.79 Å². The lowest BCUT2D eigenvalue weighted by Crippen LogP contribution is -1.93. The van der Waals surface area contributed by atoms with Crippen molar-refractivity contribution < 1.29 is 19.4 Å². The molecule has 2 aromatic rings. The number of ether oxygens (including phenoxy) is 2. The van der Waals surface area contributed by atoms with Crippen LogP contribution < -0.4 is 9.47 Å². The van der Waals surface area contributed by atoms with Crippen molar-refractivity contribution in [1.82, 2.24) is 0 Å².